The number of rotatable bonds is 1. The van der Waals surface area contributed by atoms with E-state index in [0.29, 0.717) is 0 Å². The van der Waals surface area contributed by atoms with Crippen molar-refractivity contribution in [3.8, 4) is 11.1 Å². The van der Waals surface area contributed by atoms with Crippen LogP contribution in [0.25, 0.3) is 11.1 Å². The third kappa shape index (κ3) is 1.86. The van der Waals surface area contributed by atoms with E-state index in [1.807, 2.05) is 30.3 Å². The van der Waals surface area contributed by atoms with Crippen LogP contribution in [0, 0.1) is 13.8 Å². The molecule has 0 aliphatic rings. The first-order valence-corrected chi connectivity index (χ1v) is 5.10. The first kappa shape index (κ1) is 9.78. The van der Waals surface area contributed by atoms with Crippen LogP contribution in [0.4, 0.5) is 5.69 Å². The maximum Gasteiger partial charge on any atom is 0.0323 e. The third-order valence-corrected chi connectivity index (χ3v) is 2.77. The summed E-state index contributed by atoms with van der Waals surface area (Å²) >= 11 is 0. The lowest BCUT2D eigenvalue weighted by Gasteiger charge is -2.10. The molecule has 0 heterocycles. The van der Waals surface area contributed by atoms with Gasteiger partial charge < -0.3 is 5.73 Å². The summed E-state index contributed by atoms with van der Waals surface area (Å²) in [5.74, 6) is 0. The predicted molar refractivity (Wildman–Crippen MR) is 65.8 cm³/mol. The molecule has 15 heavy (non-hydrogen) atoms. The molecule has 1 nitrogen and oxygen atoms in total. The largest absolute Gasteiger partial charge is 0.399 e. The van der Waals surface area contributed by atoms with Crippen LogP contribution < -0.4 is 5.73 Å². The maximum absolute atomic E-state index is 5.87. The Bertz CT molecular complexity index is 472. The summed E-state index contributed by atoms with van der Waals surface area (Å²) in [5.41, 5.74) is 11.7. The molecule has 2 aromatic carbocycles. The van der Waals surface area contributed by atoms with Crippen LogP contribution in [0.2, 0.25) is 0 Å². The number of hydrogen-bond acceptors (Lipinski definition) is 1. The molecule has 0 unspecified atom stereocenters. The van der Waals surface area contributed by atoms with Gasteiger partial charge in [-0.15, -0.1) is 0 Å². The van der Waals surface area contributed by atoms with Crippen molar-refractivity contribution >= 4 is 5.69 Å². The highest BCUT2D eigenvalue weighted by molar-refractivity contribution is 5.72. The van der Waals surface area contributed by atoms with Gasteiger partial charge in [0.1, 0.15) is 0 Å². The fourth-order valence-electron chi connectivity index (χ4n) is 1.80. The second-order valence-corrected chi connectivity index (χ2v) is 3.88. The Hall–Kier alpha value is -1.76. The van der Waals surface area contributed by atoms with E-state index in [1.54, 1.807) is 0 Å². The number of hydrogen-bond donors (Lipinski definition) is 1. The second-order valence-electron chi connectivity index (χ2n) is 3.88. The quantitative estimate of drug-likeness (QED) is 0.695. The highest BCUT2D eigenvalue weighted by atomic mass is 14.5. The van der Waals surface area contributed by atoms with E-state index in [-0.39, 0.29) is 0 Å². The summed E-state index contributed by atoms with van der Waals surface area (Å²) in [6, 6.07) is 14.4. The molecule has 0 aromatic heterocycles. The van der Waals surface area contributed by atoms with Gasteiger partial charge in [0.25, 0.3) is 0 Å². The Morgan fingerprint density at radius 2 is 1.60 bits per heavy atom. The molecule has 2 rings (SSSR count). The lowest BCUT2D eigenvalue weighted by Crippen LogP contribution is -1.92. The van der Waals surface area contributed by atoms with Gasteiger partial charge in [0.05, 0.1) is 0 Å². The van der Waals surface area contributed by atoms with E-state index >= 15 is 0 Å². The molecule has 76 valence electrons. The number of benzene rings is 2. The summed E-state index contributed by atoms with van der Waals surface area (Å²) in [5, 5.41) is 0. The fourth-order valence-corrected chi connectivity index (χ4v) is 1.80. The average Bonchev–Trinajstić information content (AvgIpc) is 2.24. The van der Waals surface area contributed by atoms with Crippen LogP contribution in [0.15, 0.2) is 42.5 Å². The summed E-state index contributed by atoms with van der Waals surface area (Å²) in [4.78, 5) is 0. The Kier molecular flexibility index (Phi) is 2.46. The molecule has 0 aliphatic heterocycles. The molecule has 0 saturated carbocycles. The molecular weight excluding hydrogens is 182 g/mol. The summed E-state index contributed by atoms with van der Waals surface area (Å²) in [7, 11) is 0. The first-order chi connectivity index (χ1) is 7.18. The molecule has 1 heteroatoms. The molecule has 2 N–H and O–H groups in total. The maximum atomic E-state index is 5.87. The van der Waals surface area contributed by atoms with E-state index < -0.39 is 0 Å². The normalized spacial score (nSPS) is 10.3. The van der Waals surface area contributed by atoms with Crippen LogP contribution in [0.1, 0.15) is 11.1 Å². The summed E-state index contributed by atoms with van der Waals surface area (Å²) in [6.45, 7) is 4.23. The van der Waals surface area contributed by atoms with Gasteiger partial charge in [0.2, 0.25) is 0 Å². The molecule has 0 atom stereocenters. The fraction of sp³-hybridized carbons (Fsp3) is 0.143. The summed E-state index contributed by atoms with van der Waals surface area (Å²) < 4.78 is 0. The van der Waals surface area contributed by atoms with E-state index in [2.05, 4.69) is 26.0 Å². The number of aryl methyl sites for hydroxylation is 1. The van der Waals surface area contributed by atoms with Gasteiger partial charge in [0, 0.05) is 5.69 Å². The minimum atomic E-state index is 0.831. The van der Waals surface area contributed by atoms with Gasteiger partial charge in [-0.25, -0.2) is 0 Å². The van der Waals surface area contributed by atoms with Gasteiger partial charge >= 0.3 is 0 Å². The minimum absolute atomic E-state index is 0.831. The van der Waals surface area contributed by atoms with Crippen molar-refractivity contribution in [3.05, 3.63) is 53.6 Å². The lowest BCUT2D eigenvalue weighted by molar-refractivity contribution is 1.34. The van der Waals surface area contributed by atoms with Crippen molar-refractivity contribution in [2.75, 3.05) is 5.73 Å². The Balaban J connectivity index is 2.63. The van der Waals surface area contributed by atoms with Crippen LogP contribution in [0.3, 0.4) is 0 Å². The van der Waals surface area contributed by atoms with Crippen molar-refractivity contribution < 1.29 is 0 Å². The molecule has 0 aliphatic carbocycles. The van der Waals surface area contributed by atoms with Gasteiger partial charge in [-0.1, -0.05) is 30.3 Å². The average molecular weight is 197 g/mol. The highest BCUT2D eigenvalue weighted by Gasteiger charge is 2.04. The monoisotopic (exact) mass is 197 g/mol. The van der Waals surface area contributed by atoms with Crippen molar-refractivity contribution in [2.24, 2.45) is 0 Å². The van der Waals surface area contributed by atoms with Crippen LogP contribution in [-0.4, -0.2) is 0 Å². The van der Waals surface area contributed by atoms with Gasteiger partial charge in [-0.2, -0.15) is 0 Å². The predicted octanol–water partition coefficient (Wildman–Crippen LogP) is 3.55. The Labute approximate surface area is 90.6 Å². The highest BCUT2D eigenvalue weighted by Crippen LogP contribution is 2.27. The van der Waals surface area contributed by atoms with Crippen LogP contribution in [0.5, 0.6) is 0 Å². The lowest BCUT2D eigenvalue weighted by atomic mass is 9.96. The van der Waals surface area contributed by atoms with Gasteiger partial charge in [0.15, 0.2) is 0 Å². The minimum Gasteiger partial charge on any atom is -0.399 e. The van der Waals surface area contributed by atoms with Crippen molar-refractivity contribution in [3.63, 3.8) is 0 Å². The zero-order chi connectivity index (χ0) is 10.8. The zero-order valence-corrected chi connectivity index (χ0v) is 9.12. The Morgan fingerprint density at radius 1 is 0.933 bits per heavy atom. The molecule has 0 radical (unpaired) electrons. The standard InChI is InChI=1S/C14H15N/c1-10-8-13(15)9-14(11(10)2)12-6-4-3-5-7-12/h3-9H,15H2,1-2H3. The molecule has 0 saturated heterocycles. The van der Waals surface area contributed by atoms with E-state index in [4.69, 9.17) is 5.73 Å². The third-order valence-electron chi connectivity index (χ3n) is 2.77. The SMILES string of the molecule is Cc1cc(N)cc(-c2ccccc2)c1C. The molecule has 0 amide bonds. The topological polar surface area (TPSA) is 26.0 Å². The van der Waals surface area contributed by atoms with Crippen molar-refractivity contribution in [1.82, 2.24) is 0 Å². The smallest absolute Gasteiger partial charge is 0.0323 e. The first-order valence-electron chi connectivity index (χ1n) is 5.10. The number of nitrogen functional groups attached to an aromatic ring is 1. The van der Waals surface area contributed by atoms with Gasteiger partial charge in [-0.05, 0) is 48.2 Å². The number of nitrogens with two attached hydrogens (primary N) is 1. The molecule has 0 fully saturated rings. The second kappa shape index (κ2) is 3.77. The Morgan fingerprint density at radius 3 is 2.27 bits per heavy atom. The molecule has 2 aromatic rings. The molecule has 0 bridgehead atoms. The van der Waals surface area contributed by atoms with Crippen LogP contribution in [-0.2, 0) is 0 Å². The van der Waals surface area contributed by atoms with Gasteiger partial charge in [-0.3, -0.25) is 0 Å². The van der Waals surface area contributed by atoms with E-state index in [9.17, 15) is 0 Å². The summed E-state index contributed by atoms with van der Waals surface area (Å²) in [6.07, 6.45) is 0. The van der Waals surface area contributed by atoms with Crippen molar-refractivity contribution in [2.45, 2.75) is 13.8 Å². The molecular formula is C14H15N. The van der Waals surface area contributed by atoms with E-state index in [0.717, 1.165) is 5.69 Å². The molecule has 0 spiro atoms. The van der Waals surface area contributed by atoms with E-state index in [1.165, 1.54) is 22.3 Å². The van der Waals surface area contributed by atoms with Crippen LogP contribution >= 0.6 is 0 Å². The van der Waals surface area contributed by atoms with Crippen molar-refractivity contribution in [1.29, 1.82) is 0 Å². The zero-order valence-electron chi connectivity index (χ0n) is 9.12. The number of anilines is 1.